The SMILES string of the molecule is Cc1cc(S(=O)(=O)NC(=O)c2ccc(N3CCN(CC4=C(c5ccc(Cl)cc5)CC(C)(C)CC4)CC3)cc2Oc2cnc3[nH]ccc3c2)ccc1NCC1CC(F)(F)C1. The number of benzene rings is 3. The Morgan fingerprint density at radius 3 is 2.49 bits per heavy atom. The second-order valence-electron chi connectivity index (χ2n) is 17.0. The molecule has 1 saturated carbocycles. The second kappa shape index (κ2) is 16.2. The average molecular weight is 843 g/mol. The Labute approximate surface area is 349 Å². The van der Waals surface area contributed by atoms with Gasteiger partial charge in [0.25, 0.3) is 15.9 Å². The summed E-state index contributed by atoms with van der Waals surface area (Å²) in [6, 6.07) is 21.5. The van der Waals surface area contributed by atoms with E-state index < -0.39 is 21.9 Å². The van der Waals surface area contributed by atoms with E-state index in [4.69, 9.17) is 16.3 Å². The van der Waals surface area contributed by atoms with Crippen LogP contribution in [0.15, 0.2) is 95.7 Å². The number of rotatable bonds is 12. The zero-order valence-corrected chi connectivity index (χ0v) is 35.0. The first-order valence-corrected chi connectivity index (χ1v) is 21.9. The number of carbonyl (C=O) groups excluding carboxylic acids is 1. The van der Waals surface area contributed by atoms with Gasteiger partial charge in [-0.05, 0) is 109 Å². The Morgan fingerprint density at radius 2 is 1.76 bits per heavy atom. The minimum absolute atomic E-state index is 0.0410. The summed E-state index contributed by atoms with van der Waals surface area (Å²) < 4.78 is 62.3. The van der Waals surface area contributed by atoms with E-state index in [9.17, 15) is 22.0 Å². The van der Waals surface area contributed by atoms with Gasteiger partial charge >= 0.3 is 0 Å². The summed E-state index contributed by atoms with van der Waals surface area (Å²) >= 11 is 6.24. The van der Waals surface area contributed by atoms with Crippen LogP contribution in [-0.2, 0) is 10.0 Å². The average Bonchev–Trinajstić information content (AvgIpc) is 3.66. The predicted molar refractivity (Wildman–Crippen MR) is 229 cm³/mol. The highest BCUT2D eigenvalue weighted by Crippen LogP contribution is 2.44. The number of nitrogens with zero attached hydrogens (tertiary/aromatic N) is 3. The minimum Gasteiger partial charge on any atom is -0.455 e. The molecule has 2 fully saturated rings. The van der Waals surface area contributed by atoms with Crippen LogP contribution in [0, 0.1) is 18.3 Å². The van der Waals surface area contributed by atoms with Crippen molar-refractivity contribution in [2.24, 2.45) is 11.3 Å². The van der Waals surface area contributed by atoms with E-state index in [0.29, 0.717) is 29.2 Å². The van der Waals surface area contributed by atoms with Gasteiger partial charge in [-0.3, -0.25) is 9.69 Å². The molecule has 0 atom stereocenters. The lowest BCUT2D eigenvalue weighted by molar-refractivity contribution is -0.106. The van der Waals surface area contributed by atoms with E-state index in [0.717, 1.165) is 68.1 Å². The topological polar surface area (TPSA) is 120 Å². The molecule has 5 aromatic rings. The Morgan fingerprint density at radius 1 is 1.00 bits per heavy atom. The molecular formula is C45H49ClF2N6O4S. The van der Waals surface area contributed by atoms with Crippen molar-refractivity contribution < 1.29 is 26.7 Å². The van der Waals surface area contributed by atoms with Gasteiger partial charge in [0.2, 0.25) is 5.92 Å². The van der Waals surface area contributed by atoms with Crippen LogP contribution in [0.4, 0.5) is 20.2 Å². The Hall–Kier alpha value is -4.98. The van der Waals surface area contributed by atoms with E-state index in [1.54, 1.807) is 43.6 Å². The number of H-pyrrole nitrogens is 1. The summed E-state index contributed by atoms with van der Waals surface area (Å²) in [6.07, 6.45) is 6.23. The first kappa shape index (κ1) is 40.8. The highest BCUT2D eigenvalue weighted by Gasteiger charge is 2.44. The molecule has 2 aromatic heterocycles. The highest BCUT2D eigenvalue weighted by molar-refractivity contribution is 7.90. The molecule has 10 nitrogen and oxygen atoms in total. The van der Waals surface area contributed by atoms with Gasteiger partial charge < -0.3 is 19.9 Å². The Kier molecular flexibility index (Phi) is 11.2. The van der Waals surface area contributed by atoms with Crippen LogP contribution in [0.2, 0.25) is 5.02 Å². The number of aryl methyl sites for hydroxylation is 1. The maximum atomic E-state index is 13.8. The number of hydrogen-bond acceptors (Lipinski definition) is 8. The van der Waals surface area contributed by atoms with Crippen LogP contribution in [0.1, 0.15) is 67.4 Å². The van der Waals surface area contributed by atoms with Crippen LogP contribution in [-0.4, -0.2) is 74.4 Å². The van der Waals surface area contributed by atoms with Crippen LogP contribution >= 0.6 is 11.6 Å². The highest BCUT2D eigenvalue weighted by atomic mass is 35.5. The van der Waals surface area contributed by atoms with Crippen LogP contribution in [0.25, 0.3) is 16.6 Å². The molecule has 59 heavy (non-hydrogen) atoms. The van der Waals surface area contributed by atoms with Gasteiger partial charge in [0.1, 0.15) is 17.1 Å². The molecule has 8 rings (SSSR count). The van der Waals surface area contributed by atoms with Crippen molar-refractivity contribution >= 4 is 55.5 Å². The van der Waals surface area contributed by atoms with E-state index >= 15 is 0 Å². The van der Waals surface area contributed by atoms with Crippen LogP contribution in [0.3, 0.4) is 0 Å². The minimum atomic E-state index is -4.30. The lowest BCUT2D eigenvalue weighted by Gasteiger charge is -2.39. The number of amides is 1. The fourth-order valence-electron chi connectivity index (χ4n) is 8.40. The normalized spacial score (nSPS) is 18.4. The molecule has 2 aliphatic carbocycles. The summed E-state index contributed by atoms with van der Waals surface area (Å²) in [5.41, 5.74) is 7.20. The second-order valence-corrected chi connectivity index (χ2v) is 19.1. The number of anilines is 2. The fraction of sp³-hybridized carbons (Fsp3) is 0.378. The van der Waals surface area contributed by atoms with Gasteiger partial charge in [0.05, 0.1) is 16.7 Å². The number of aromatic nitrogens is 2. The van der Waals surface area contributed by atoms with Crippen molar-refractivity contribution in [2.75, 3.05) is 49.5 Å². The monoisotopic (exact) mass is 842 g/mol. The summed E-state index contributed by atoms with van der Waals surface area (Å²) in [7, 11) is -4.30. The number of fused-ring (bicyclic) bond motifs is 1. The number of allylic oxidation sites excluding steroid dienone is 1. The molecule has 310 valence electrons. The van der Waals surface area contributed by atoms with E-state index in [1.807, 2.05) is 24.3 Å². The first-order valence-electron chi connectivity index (χ1n) is 20.1. The van der Waals surface area contributed by atoms with Crippen molar-refractivity contribution in [3.8, 4) is 11.5 Å². The number of ether oxygens (including phenoxy) is 1. The van der Waals surface area contributed by atoms with Crippen molar-refractivity contribution in [3.63, 3.8) is 0 Å². The molecule has 0 spiro atoms. The zero-order chi connectivity index (χ0) is 41.5. The van der Waals surface area contributed by atoms with Gasteiger partial charge in [0, 0.05) is 86.2 Å². The Bertz CT molecular complexity index is 2510. The number of hydrogen-bond donors (Lipinski definition) is 3. The van der Waals surface area contributed by atoms with E-state index in [1.165, 1.54) is 28.8 Å². The van der Waals surface area contributed by atoms with Crippen molar-refractivity contribution in [1.29, 1.82) is 0 Å². The summed E-state index contributed by atoms with van der Waals surface area (Å²) in [5, 5.41) is 4.70. The number of nitrogens with one attached hydrogen (secondary N) is 3. The standard InChI is InChI=1S/C45H49ClF2N6O4S/c1-29-20-37(9-11-40(29)50-26-30-23-45(47,48)24-30)59(56,57)52-43(55)38-10-8-35(22-41(38)58-36-21-32-13-15-49-42(32)51-27-36)54-18-16-53(17-19-54)28-33-12-14-44(2,3)25-39(33)31-4-6-34(46)7-5-31/h4-11,13,15,20-22,27,30,50H,12,14,16-19,23-26,28H2,1-3H3,(H,49,51)(H,52,55). The maximum Gasteiger partial charge on any atom is 0.268 e. The third kappa shape index (κ3) is 9.42. The summed E-state index contributed by atoms with van der Waals surface area (Å²) in [5.74, 6) is -3.03. The molecule has 1 amide bonds. The van der Waals surface area contributed by atoms with Crippen molar-refractivity contribution in [2.45, 2.75) is 63.7 Å². The molecule has 0 radical (unpaired) electrons. The van der Waals surface area contributed by atoms with Crippen LogP contribution in [0.5, 0.6) is 11.5 Å². The molecule has 1 saturated heterocycles. The number of aromatic amines is 1. The number of piperazine rings is 1. The summed E-state index contributed by atoms with van der Waals surface area (Å²) in [4.78, 5) is 26.0. The van der Waals surface area contributed by atoms with Gasteiger partial charge in [0.15, 0.2) is 0 Å². The van der Waals surface area contributed by atoms with E-state index in [-0.39, 0.29) is 40.4 Å². The number of pyridine rings is 1. The van der Waals surface area contributed by atoms with E-state index in [2.05, 4.69) is 55.8 Å². The molecule has 1 aliphatic heterocycles. The molecule has 0 unspecified atom stereocenters. The number of halogens is 3. The van der Waals surface area contributed by atoms with Crippen LogP contribution < -0.4 is 19.7 Å². The lowest BCUT2D eigenvalue weighted by Crippen LogP contribution is -2.47. The molecule has 3 aliphatic rings. The third-order valence-corrected chi connectivity index (χ3v) is 13.4. The Balaban J connectivity index is 0.984. The smallest absolute Gasteiger partial charge is 0.268 e. The molecular weight excluding hydrogens is 794 g/mol. The molecule has 3 aromatic carbocycles. The summed E-state index contributed by atoms with van der Waals surface area (Å²) in [6.45, 7) is 10.9. The van der Waals surface area contributed by atoms with Gasteiger partial charge in [-0.25, -0.2) is 26.9 Å². The largest absolute Gasteiger partial charge is 0.455 e. The first-order chi connectivity index (χ1) is 28.1. The van der Waals surface area contributed by atoms with Gasteiger partial charge in [-0.2, -0.15) is 0 Å². The molecule has 3 N–H and O–H groups in total. The van der Waals surface area contributed by atoms with Gasteiger partial charge in [-0.1, -0.05) is 43.2 Å². The number of alkyl halides is 2. The quantitative estimate of drug-likeness (QED) is 0.114. The maximum absolute atomic E-state index is 13.8. The molecule has 0 bridgehead atoms. The number of carbonyl (C=O) groups is 1. The van der Waals surface area contributed by atoms with Gasteiger partial charge in [-0.15, -0.1) is 0 Å². The molecule has 14 heteroatoms. The van der Waals surface area contributed by atoms with Crippen molar-refractivity contribution in [3.05, 3.63) is 112 Å². The lowest BCUT2D eigenvalue weighted by atomic mass is 9.72. The number of sulfonamides is 1. The predicted octanol–water partition coefficient (Wildman–Crippen LogP) is 9.68. The molecule has 3 heterocycles. The fourth-order valence-corrected chi connectivity index (χ4v) is 9.58. The third-order valence-electron chi connectivity index (χ3n) is 11.8. The van der Waals surface area contributed by atoms with Crippen molar-refractivity contribution in [1.82, 2.24) is 19.6 Å². The zero-order valence-electron chi connectivity index (χ0n) is 33.5.